The molecule has 2 saturated heterocycles. The Morgan fingerprint density at radius 3 is 1.93 bits per heavy atom. The largest absolute Gasteiger partial charge is 0.473 e. The molecule has 2 aliphatic heterocycles. The van der Waals surface area contributed by atoms with Gasteiger partial charge in [-0.25, -0.2) is 9.59 Å². The summed E-state index contributed by atoms with van der Waals surface area (Å²) in [5.74, 6) is -3.65. The predicted octanol–water partition coefficient (Wildman–Crippen LogP) is 0.417. The van der Waals surface area contributed by atoms with Gasteiger partial charge in [0.15, 0.2) is 0 Å². The highest BCUT2D eigenvalue weighted by Crippen LogP contribution is 2.19. The molecule has 2 aliphatic rings. The second kappa shape index (κ2) is 11.8. The SMILES string of the molecule is O=C(O)C(=O)O.OCCN1CCN(C2CCN(Cc3ccccc3)CC2)CC1. The van der Waals surface area contributed by atoms with Crippen molar-refractivity contribution in [2.45, 2.75) is 25.4 Å². The molecule has 28 heavy (non-hydrogen) atoms. The molecule has 1 aromatic carbocycles. The van der Waals surface area contributed by atoms with Crippen molar-refractivity contribution in [3.05, 3.63) is 35.9 Å². The minimum atomic E-state index is -1.82. The zero-order valence-corrected chi connectivity index (χ0v) is 16.2. The number of carbonyl (C=O) groups is 2. The Hall–Kier alpha value is -2.00. The summed E-state index contributed by atoms with van der Waals surface area (Å²) < 4.78 is 0. The molecule has 2 heterocycles. The van der Waals surface area contributed by atoms with Crippen LogP contribution in [0.2, 0.25) is 0 Å². The van der Waals surface area contributed by atoms with Crippen LogP contribution in [-0.4, -0.2) is 100 Å². The van der Waals surface area contributed by atoms with Crippen LogP contribution in [0.4, 0.5) is 0 Å². The van der Waals surface area contributed by atoms with Crippen molar-refractivity contribution in [1.29, 1.82) is 0 Å². The molecule has 8 heteroatoms. The summed E-state index contributed by atoms with van der Waals surface area (Å²) in [5.41, 5.74) is 1.43. The molecule has 0 aromatic heterocycles. The second-order valence-electron chi connectivity index (χ2n) is 7.20. The van der Waals surface area contributed by atoms with Gasteiger partial charge in [0.2, 0.25) is 0 Å². The number of carboxylic acid groups (broad SMARTS) is 2. The van der Waals surface area contributed by atoms with Crippen LogP contribution in [0.3, 0.4) is 0 Å². The number of aliphatic carboxylic acids is 2. The highest BCUT2D eigenvalue weighted by Gasteiger charge is 2.27. The van der Waals surface area contributed by atoms with Crippen LogP contribution in [0.5, 0.6) is 0 Å². The van der Waals surface area contributed by atoms with Crippen LogP contribution < -0.4 is 0 Å². The van der Waals surface area contributed by atoms with Crippen molar-refractivity contribution in [2.75, 3.05) is 52.4 Å². The van der Waals surface area contributed by atoms with E-state index in [0.29, 0.717) is 0 Å². The Balaban J connectivity index is 0.000000409. The smallest absolute Gasteiger partial charge is 0.414 e. The molecule has 3 rings (SSSR count). The number of likely N-dealkylation sites (tertiary alicyclic amines) is 1. The van der Waals surface area contributed by atoms with Gasteiger partial charge in [-0.05, 0) is 31.5 Å². The number of nitrogens with zero attached hydrogens (tertiary/aromatic N) is 3. The fourth-order valence-electron chi connectivity index (χ4n) is 3.78. The summed E-state index contributed by atoms with van der Waals surface area (Å²) in [6.45, 7) is 9.23. The summed E-state index contributed by atoms with van der Waals surface area (Å²) in [6, 6.07) is 11.6. The van der Waals surface area contributed by atoms with E-state index in [2.05, 4.69) is 45.0 Å². The van der Waals surface area contributed by atoms with Gasteiger partial charge in [-0.2, -0.15) is 0 Å². The fourth-order valence-corrected chi connectivity index (χ4v) is 3.78. The zero-order valence-electron chi connectivity index (χ0n) is 16.2. The molecule has 0 unspecified atom stereocenters. The molecule has 0 atom stereocenters. The highest BCUT2D eigenvalue weighted by molar-refractivity contribution is 6.27. The molecular weight excluding hydrogens is 362 g/mol. The number of carboxylic acids is 2. The van der Waals surface area contributed by atoms with Crippen LogP contribution in [0.1, 0.15) is 18.4 Å². The zero-order chi connectivity index (χ0) is 20.4. The number of aliphatic hydroxyl groups is 1. The molecule has 2 fully saturated rings. The topological polar surface area (TPSA) is 105 Å². The highest BCUT2D eigenvalue weighted by atomic mass is 16.4. The minimum absolute atomic E-state index is 0.290. The van der Waals surface area contributed by atoms with Crippen LogP contribution in [0.25, 0.3) is 0 Å². The predicted molar refractivity (Wildman–Crippen MR) is 105 cm³/mol. The Morgan fingerprint density at radius 2 is 1.43 bits per heavy atom. The van der Waals surface area contributed by atoms with E-state index in [1.54, 1.807) is 0 Å². The quantitative estimate of drug-likeness (QED) is 0.618. The standard InChI is InChI=1S/C18H29N3O.C2H2O4/c22-15-14-19-10-12-21(13-11-19)18-6-8-20(9-7-18)16-17-4-2-1-3-5-17;3-1(4)2(5)6/h1-5,18,22H,6-16H2;(H,3,4)(H,5,6). The number of hydrogen-bond donors (Lipinski definition) is 3. The van der Waals surface area contributed by atoms with Crippen LogP contribution in [-0.2, 0) is 16.1 Å². The number of benzene rings is 1. The molecule has 8 nitrogen and oxygen atoms in total. The van der Waals surface area contributed by atoms with E-state index in [1.165, 1.54) is 44.6 Å². The monoisotopic (exact) mass is 393 g/mol. The maximum Gasteiger partial charge on any atom is 0.414 e. The van der Waals surface area contributed by atoms with Crippen LogP contribution in [0, 0.1) is 0 Å². The third kappa shape index (κ3) is 7.55. The molecule has 0 amide bonds. The first-order valence-electron chi connectivity index (χ1n) is 9.79. The Bertz CT molecular complexity index is 585. The lowest BCUT2D eigenvalue weighted by Gasteiger charge is -2.42. The van der Waals surface area contributed by atoms with Crippen molar-refractivity contribution < 1.29 is 24.9 Å². The third-order valence-electron chi connectivity index (χ3n) is 5.33. The van der Waals surface area contributed by atoms with E-state index in [0.717, 1.165) is 32.2 Å². The molecule has 0 bridgehead atoms. The second-order valence-corrected chi connectivity index (χ2v) is 7.20. The summed E-state index contributed by atoms with van der Waals surface area (Å²) >= 11 is 0. The van der Waals surface area contributed by atoms with Crippen molar-refractivity contribution in [3.8, 4) is 0 Å². The lowest BCUT2D eigenvalue weighted by atomic mass is 10.0. The summed E-state index contributed by atoms with van der Waals surface area (Å²) in [5, 5.41) is 23.8. The molecule has 3 N–H and O–H groups in total. The van der Waals surface area contributed by atoms with E-state index in [-0.39, 0.29) is 6.61 Å². The normalized spacial score (nSPS) is 19.6. The molecule has 0 aliphatic carbocycles. The Labute approximate surface area is 166 Å². The van der Waals surface area contributed by atoms with Crippen molar-refractivity contribution in [3.63, 3.8) is 0 Å². The lowest BCUT2D eigenvalue weighted by Crippen LogP contribution is -2.53. The number of β-amino-alcohol motifs (C(OH)–C–C–N with tert-alkyl or cyclic N) is 1. The van der Waals surface area contributed by atoms with E-state index >= 15 is 0 Å². The molecule has 156 valence electrons. The molecular formula is C20H31N3O5. The maximum atomic E-state index is 9.10. The number of hydrogen-bond acceptors (Lipinski definition) is 6. The van der Waals surface area contributed by atoms with Gasteiger partial charge < -0.3 is 15.3 Å². The molecule has 0 radical (unpaired) electrons. The average Bonchev–Trinajstić information content (AvgIpc) is 2.71. The summed E-state index contributed by atoms with van der Waals surface area (Å²) in [7, 11) is 0. The fraction of sp³-hybridized carbons (Fsp3) is 0.600. The lowest BCUT2D eigenvalue weighted by molar-refractivity contribution is -0.159. The van der Waals surface area contributed by atoms with E-state index in [9.17, 15) is 0 Å². The first-order chi connectivity index (χ1) is 13.5. The Morgan fingerprint density at radius 1 is 0.857 bits per heavy atom. The van der Waals surface area contributed by atoms with Gasteiger partial charge in [0.25, 0.3) is 0 Å². The molecule has 1 aromatic rings. The number of aliphatic hydroxyl groups excluding tert-OH is 1. The van der Waals surface area contributed by atoms with Gasteiger partial charge in [-0.3, -0.25) is 14.7 Å². The van der Waals surface area contributed by atoms with Gasteiger partial charge in [-0.15, -0.1) is 0 Å². The van der Waals surface area contributed by atoms with Gasteiger partial charge in [-0.1, -0.05) is 30.3 Å². The van der Waals surface area contributed by atoms with Crippen molar-refractivity contribution in [2.24, 2.45) is 0 Å². The maximum absolute atomic E-state index is 9.10. The molecule has 0 saturated carbocycles. The summed E-state index contributed by atoms with van der Waals surface area (Å²) in [6.07, 6.45) is 2.60. The van der Waals surface area contributed by atoms with E-state index < -0.39 is 11.9 Å². The number of piperidine rings is 1. The van der Waals surface area contributed by atoms with E-state index in [4.69, 9.17) is 24.9 Å². The van der Waals surface area contributed by atoms with E-state index in [1.807, 2.05) is 0 Å². The summed E-state index contributed by atoms with van der Waals surface area (Å²) in [4.78, 5) is 25.8. The minimum Gasteiger partial charge on any atom is -0.473 e. The van der Waals surface area contributed by atoms with Crippen LogP contribution >= 0.6 is 0 Å². The third-order valence-corrected chi connectivity index (χ3v) is 5.33. The van der Waals surface area contributed by atoms with Gasteiger partial charge >= 0.3 is 11.9 Å². The van der Waals surface area contributed by atoms with Gasteiger partial charge in [0, 0.05) is 45.3 Å². The first-order valence-corrected chi connectivity index (χ1v) is 9.79. The number of rotatable bonds is 5. The average molecular weight is 393 g/mol. The van der Waals surface area contributed by atoms with Gasteiger partial charge in [0.1, 0.15) is 0 Å². The van der Waals surface area contributed by atoms with Crippen LogP contribution in [0.15, 0.2) is 30.3 Å². The van der Waals surface area contributed by atoms with Gasteiger partial charge in [0.05, 0.1) is 6.61 Å². The first kappa shape index (κ1) is 22.3. The number of piperazine rings is 1. The molecule has 0 spiro atoms. The van der Waals surface area contributed by atoms with Crippen molar-refractivity contribution in [1.82, 2.24) is 14.7 Å². The Kier molecular flexibility index (Phi) is 9.36. The van der Waals surface area contributed by atoms with Crippen molar-refractivity contribution >= 4 is 11.9 Å².